The van der Waals surface area contributed by atoms with Crippen LogP contribution in [0.25, 0.3) is 11.1 Å². The summed E-state index contributed by atoms with van der Waals surface area (Å²) in [5, 5.41) is 0. The number of nitrogens with zero attached hydrogens (tertiary/aromatic N) is 1. The fourth-order valence-corrected chi connectivity index (χ4v) is 4.68. The van der Waals surface area contributed by atoms with E-state index in [2.05, 4.69) is 90.0 Å². The van der Waals surface area contributed by atoms with Crippen LogP contribution in [0.4, 0.5) is 0 Å². The Kier molecular flexibility index (Phi) is 7.41. The van der Waals surface area contributed by atoms with E-state index in [-0.39, 0.29) is 12.4 Å². The molecule has 3 aromatic rings. The van der Waals surface area contributed by atoms with Gasteiger partial charge in [-0.15, -0.1) is 12.4 Å². The highest BCUT2D eigenvalue weighted by molar-refractivity contribution is 6.00. The summed E-state index contributed by atoms with van der Waals surface area (Å²) in [6.07, 6.45) is 7.55. The van der Waals surface area contributed by atoms with Crippen molar-refractivity contribution < 1.29 is 9.47 Å². The smallest absolute Gasteiger partial charge is 0.119 e. The van der Waals surface area contributed by atoms with Crippen molar-refractivity contribution in [3.63, 3.8) is 0 Å². The summed E-state index contributed by atoms with van der Waals surface area (Å²) in [5.74, 6) is 1.84. The molecular formula is C29H30ClNO2. The lowest BCUT2D eigenvalue weighted by atomic mass is 9.79. The maximum Gasteiger partial charge on any atom is 0.119 e. The minimum atomic E-state index is 0. The number of benzene rings is 3. The molecule has 0 unspecified atom stereocenters. The van der Waals surface area contributed by atoms with E-state index in [0.29, 0.717) is 6.61 Å². The molecule has 1 heterocycles. The molecule has 0 radical (unpaired) electrons. The Hall–Kier alpha value is -3.17. The Morgan fingerprint density at radius 1 is 0.848 bits per heavy atom. The lowest BCUT2D eigenvalue weighted by Crippen LogP contribution is -2.21. The summed E-state index contributed by atoms with van der Waals surface area (Å²) in [6.45, 7) is 2.73. The first-order chi connectivity index (χ1) is 15.8. The van der Waals surface area contributed by atoms with Crippen molar-refractivity contribution in [1.29, 1.82) is 0 Å². The number of hydrogen-bond acceptors (Lipinski definition) is 3. The van der Waals surface area contributed by atoms with Crippen LogP contribution in [0.15, 0.2) is 85.1 Å². The first-order valence-corrected chi connectivity index (χ1v) is 11.4. The van der Waals surface area contributed by atoms with Crippen LogP contribution in [-0.4, -0.2) is 31.7 Å². The van der Waals surface area contributed by atoms with E-state index < -0.39 is 0 Å². The SMILES string of the molecule is COc1ccc2c(c1)CCC(c1ccccc1)=C2c1ccc(OCCN2C=CCC2)cc1.Cl. The lowest BCUT2D eigenvalue weighted by Gasteiger charge is -2.25. The van der Waals surface area contributed by atoms with Gasteiger partial charge in [0, 0.05) is 6.54 Å². The Balaban J connectivity index is 0.00000259. The molecule has 0 saturated carbocycles. The van der Waals surface area contributed by atoms with Gasteiger partial charge in [0.05, 0.1) is 13.7 Å². The molecule has 5 rings (SSSR count). The molecular weight excluding hydrogens is 430 g/mol. The van der Waals surface area contributed by atoms with Crippen molar-refractivity contribution in [1.82, 2.24) is 4.90 Å². The van der Waals surface area contributed by atoms with Gasteiger partial charge in [0.15, 0.2) is 0 Å². The molecule has 0 fully saturated rings. The van der Waals surface area contributed by atoms with Gasteiger partial charge in [0.1, 0.15) is 18.1 Å². The van der Waals surface area contributed by atoms with Gasteiger partial charge >= 0.3 is 0 Å². The van der Waals surface area contributed by atoms with Crippen LogP contribution >= 0.6 is 12.4 Å². The molecule has 1 aliphatic heterocycles. The largest absolute Gasteiger partial charge is 0.497 e. The molecule has 1 aliphatic carbocycles. The van der Waals surface area contributed by atoms with Gasteiger partial charge in [-0.3, -0.25) is 0 Å². The molecule has 0 N–H and O–H groups in total. The van der Waals surface area contributed by atoms with Gasteiger partial charge in [-0.1, -0.05) is 54.6 Å². The summed E-state index contributed by atoms with van der Waals surface area (Å²) in [7, 11) is 1.73. The third kappa shape index (κ3) is 5.09. The summed E-state index contributed by atoms with van der Waals surface area (Å²) in [5.41, 5.74) is 7.88. The Labute approximate surface area is 202 Å². The Morgan fingerprint density at radius 3 is 2.36 bits per heavy atom. The number of aryl methyl sites for hydroxylation is 1. The third-order valence-corrected chi connectivity index (χ3v) is 6.34. The van der Waals surface area contributed by atoms with Gasteiger partial charge < -0.3 is 14.4 Å². The molecule has 170 valence electrons. The van der Waals surface area contributed by atoms with Crippen LogP contribution in [0, 0.1) is 0 Å². The van der Waals surface area contributed by atoms with Gasteiger partial charge in [-0.2, -0.15) is 0 Å². The standard InChI is InChI=1S/C29H29NO2.ClH/c1-31-26-14-16-28-24(21-26)11-15-27(22-7-3-2-4-8-22)29(28)23-9-12-25(13-10-23)32-20-19-30-17-5-6-18-30;/h2-5,7-10,12-14,16-17,21H,6,11,15,18-20H2,1H3;1H. The summed E-state index contributed by atoms with van der Waals surface area (Å²) in [4.78, 5) is 2.30. The number of ether oxygens (including phenoxy) is 2. The number of fused-ring (bicyclic) bond motifs is 1. The molecule has 0 amide bonds. The van der Waals surface area contributed by atoms with E-state index in [9.17, 15) is 0 Å². The molecule has 0 spiro atoms. The van der Waals surface area contributed by atoms with E-state index in [1.54, 1.807) is 7.11 Å². The predicted molar refractivity (Wildman–Crippen MR) is 138 cm³/mol. The fourth-order valence-electron chi connectivity index (χ4n) is 4.68. The number of rotatable bonds is 7. The monoisotopic (exact) mass is 459 g/mol. The summed E-state index contributed by atoms with van der Waals surface area (Å²) in [6, 6.07) is 25.8. The molecule has 33 heavy (non-hydrogen) atoms. The van der Waals surface area contributed by atoms with Crippen LogP contribution in [0.5, 0.6) is 11.5 Å². The minimum Gasteiger partial charge on any atom is -0.497 e. The zero-order valence-electron chi connectivity index (χ0n) is 19.0. The highest BCUT2D eigenvalue weighted by atomic mass is 35.5. The highest BCUT2D eigenvalue weighted by Crippen LogP contribution is 2.42. The lowest BCUT2D eigenvalue weighted by molar-refractivity contribution is 0.262. The average Bonchev–Trinajstić information content (AvgIpc) is 3.37. The van der Waals surface area contributed by atoms with Crippen molar-refractivity contribution in [2.24, 2.45) is 0 Å². The van der Waals surface area contributed by atoms with Crippen molar-refractivity contribution in [2.45, 2.75) is 19.3 Å². The van der Waals surface area contributed by atoms with Crippen molar-refractivity contribution >= 4 is 23.6 Å². The third-order valence-electron chi connectivity index (χ3n) is 6.34. The van der Waals surface area contributed by atoms with E-state index in [4.69, 9.17) is 9.47 Å². The molecule has 0 atom stereocenters. The second-order valence-electron chi connectivity index (χ2n) is 8.32. The van der Waals surface area contributed by atoms with Gasteiger partial charge in [0.25, 0.3) is 0 Å². The van der Waals surface area contributed by atoms with Gasteiger partial charge in [-0.05, 0) is 83.1 Å². The van der Waals surface area contributed by atoms with Crippen LogP contribution in [0.1, 0.15) is 35.1 Å². The Bertz CT molecular complexity index is 1140. The zero-order valence-corrected chi connectivity index (χ0v) is 19.8. The number of hydrogen-bond donors (Lipinski definition) is 0. The number of allylic oxidation sites excluding steroid dienone is 1. The predicted octanol–water partition coefficient (Wildman–Crippen LogP) is 6.62. The number of methoxy groups -OCH3 is 1. The zero-order chi connectivity index (χ0) is 21.8. The van der Waals surface area contributed by atoms with Crippen molar-refractivity contribution in [3.05, 3.63) is 107 Å². The van der Waals surface area contributed by atoms with Gasteiger partial charge in [-0.25, -0.2) is 0 Å². The normalized spacial score (nSPS) is 14.6. The topological polar surface area (TPSA) is 21.7 Å². The molecule has 0 aromatic heterocycles. The number of halogens is 1. The minimum absolute atomic E-state index is 0. The molecule has 4 heteroatoms. The average molecular weight is 460 g/mol. The van der Waals surface area contributed by atoms with Crippen LogP contribution in [-0.2, 0) is 6.42 Å². The van der Waals surface area contributed by atoms with Gasteiger partial charge in [0.2, 0.25) is 0 Å². The van der Waals surface area contributed by atoms with E-state index in [0.717, 1.165) is 43.9 Å². The molecule has 0 saturated heterocycles. The molecule has 3 aromatic carbocycles. The summed E-state index contributed by atoms with van der Waals surface area (Å²) < 4.78 is 11.5. The van der Waals surface area contributed by atoms with Crippen molar-refractivity contribution in [2.75, 3.05) is 26.8 Å². The van der Waals surface area contributed by atoms with E-state index in [1.807, 2.05) is 0 Å². The quantitative estimate of drug-likeness (QED) is 0.396. The van der Waals surface area contributed by atoms with Crippen LogP contribution < -0.4 is 9.47 Å². The fraction of sp³-hybridized carbons (Fsp3) is 0.241. The van der Waals surface area contributed by atoms with Crippen molar-refractivity contribution in [3.8, 4) is 11.5 Å². The summed E-state index contributed by atoms with van der Waals surface area (Å²) >= 11 is 0. The van der Waals surface area contributed by atoms with E-state index >= 15 is 0 Å². The maximum absolute atomic E-state index is 6.01. The Morgan fingerprint density at radius 2 is 1.64 bits per heavy atom. The molecule has 2 aliphatic rings. The van der Waals surface area contributed by atoms with E-state index in [1.165, 1.54) is 33.4 Å². The second-order valence-corrected chi connectivity index (χ2v) is 8.32. The first-order valence-electron chi connectivity index (χ1n) is 11.4. The first kappa shape index (κ1) is 23.0. The van der Waals surface area contributed by atoms with Crippen LogP contribution in [0.3, 0.4) is 0 Å². The second kappa shape index (κ2) is 10.6. The highest BCUT2D eigenvalue weighted by Gasteiger charge is 2.22. The maximum atomic E-state index is 6.01. The molecule has 3 nitrogen and oxygen atoms in total. The molecule has 0 bridgehead atoms. The van der Waals surface area contributed by atoms with Crippen LogP contribution in [0.2, 0.25) is 0 Å².